The highest BCUT2D eigenvalue weighted by Crippen LogP contribution is 2.39. The molecule has 2 bridgehead atoms. The number of hydrogen-bond donors (Lipinski definition) is 1. The van der Waals surface area contributed by atoms with E-state index in [1.165, 1.54) is 19.2 Å². The first-order chi connectivity index (χ1) is 28.6. The van der Waals surface area contributed by atoms with Crippen LogP contribution in [0.2, 0.25) is 0 Å². The van der Waals surface area contributed by atoms with Crippen molar-refractivity contribution in [2.45, 2.75) is 88.7 Å². The lowest BCUT2D eigenvalue weighted by Gasteiger charge is -2.43. The molecule has 3 aromatic heterocycles. The average Bonchev–Trinajstić information content (AvgIpc) is 3.97. The topological polar surface area (TPSA) is 178 Å². The van der Waals surface area contributed by atoms with Gasteiger partial charge in [0.15, 0.2) is 0 Å². The fraction of sp³-hybridized carbons (Fsp3) is 0.610. The molecule has 3 atom stereocenters. The molecule has 3 aliphatic rings. The molecule has 1 aliphatic carbocycles. The number of hydrogen-bond acceptors (Lipinski definition) is 15. The third-order valence-electron chi connectivity index (χ3n) is 10.9. The summed E-state index contributed by atoms with van der Waals surface area (Å²) in [7, 11) is 1.65. The molecule has 0 radical (unpaired) electrons. The SMILES string of the molecule is COCCOCCOCCOCCCOc1nn(C2CCC(N3[C@@H]4CC[C@H]3COC4)CC2)cc1Nc1ncc(-c2ccc(C#N)c(O[C@@H](C)Cn3cncn3)c2)cn1. The Hall–Kier alpha value is -4.70. The van der Waals surface area contributed by atoms with Gasteiger partial charge in [-0.05, 0) is 63.1 Å². The van der Waals surface area contributed by atoms with Crippen molar-refractivity contribution in [2.24, 2.45) is 0 Å². The van der Waals surface area contributed by atoms with Crippen molar-refractivity contribution in [3.8, 4) is 28.8 Å². The number of nitrogens with one attached hydrogen (secondary N) is 1. The molecular formula is C41H56N10O7. The molecule has 58 heavy (non-hydrogen) atoms. The third kappa shape index (κ3) is 11.3. The van der Waals surface area contributed by atoms with E-state index < -0.39 is 0 Å². The molecule has 1 N–H and O–H groups in total. The first-order valence-electron chi connectivity index (χ1n) is 20.5. The second-order valence-corrected chi connectivity index (χ2v) is 15.0. The van der Waals surface area contributed by atoms with E-state index >= 15 is 0 Å². The van der Waals surface area contributed by atoms with Crippen LogP contribution in [0.5, 0.6) is 11.6 Å². The predicted octanol–water partition coefficient (Wildman–Crippen LogP) is 4.83. The van der Waals surface area contributed by atoms with Crippen LogP contribution in [0, 0.1) is 11.3 Å². The second-order valence-electron chi connectivity index (χ2n) is 15.0. The van der Waals surface area contributed by atoms with Gasteiger partial charge in [-0.1, -0.05) is 6.07 Å². The zero-order valence-corrected chi connectivity index (χ0v) is 33.6. The van der Waals surface area contributed by atoms with Crippen LogP contribution < -0.4 is 14.8 Å². The Morgan fingerprint density at radius 3 is 2.24 bits per heavy atom. The van der Waals surface area contributed by atoms with Gasteiger partial charge >= 0.3 is 0 Å². The van der Waals surface area contributed by atoms with E-state index in [0.29, 0.717) is 113 Å². The van der Waals surface area contributed by atoms with Crippen LogP contribution in [0.25, 0.3) is 11.1 Å². The van der Waals surface area contributed by atoms with Gasteiger partial charge in [-0.25, -0.2) is 19.6 Å². The molecule has 4 aromatic rings. The predicted molar refractivity (Wildman–Crippen MR) is 213 cm³/mol. The number of methoxy groups -OCH3 is 1. The molecule has 1 aromatic carbocycles. The molecule has 3 fully saturated rings. The Labute approximate surface area is 339 Å². The molecule has 0 amide bonds. The fourth-order valence-corrected chi connectivity index (χ4v) is 8.04. The molecule has 17 heteroatoms. The van der Waals surface area contributed by atoms with Gasteiger partial charge < -0.3 is 38.5 Å². The van der Waals surface area contributed by atoms with E-state index in [9.17, 15) is 5.26 Å². The molecule has 17 nitrogen and oxygen atoms in total. The number of nitrogens with zero attached hydrogens (tertiary/aromatic N) is 9. The molecule has 0 unspecified atom stereocenters. The largest absolute Gasteiger partial charge is 0.487 e. The summed E-state index contributed by atoms with van der Waals surface area (Å²) < 4.78 is 43.7. The summed E-state index contributed by atoms with van der Waals surface area (Å²) in [5.74, 6) is 1.40. The van der Waals surface area contributed by atoms with Gasteiger partial charge in [-0.3, -0.25) is 9.58 Å². The maximum absolute atomic E-state index is 9.74. The molecule has 2 saturated heterocycles. The first-order valence-corrected chi connectivity index (χ1v) is 20.5. The Bertz CT molecular complexity index is 1850. The van der Waals surface area contributed by atoms with E-state index in [1.54, 1.807) is 36.6 Å². The van der Waals surface area contributed by atoms with Crippen LogP contribution in [-0.4, -0.2) is 137 Å². The minimum Gasteiger partial charge on any atom is -0.487 e. The monoisotopic (exact) mass is 800 g/mol. The zero-order chi connectivity index (χ0) is 39.9. The number of fused-ring (bicyclic) bond motifs is 2. The van der Waals surface area contributed by atoms with Gasteiger partial charge in [0.25, 0.3) is 5.88 Å². The van der Waals surface area contributed by atoms with E-state index in [0.717, 1.165) is 50.0 Å². The highest BCUT2D eigenvalue weighted by molar-refractivity contribution is 5.67. The van der Waals surface area contributed by atoms with Crippen molar-refractivity contribution >= 4 is 11.6 Å². The Kier molecular flexibility index (Phi) is 15.3. The molecule has 312 valence electrons. The lowest BCUT2D eigenvalue weighted by Crippen LogP contribution is -2.52. The van der Waals surface area contributed by atoms with Gasteiger partial charge in [-0.15, -0.1) is 5.10 Å². The number of morpholine rings is 1. The Morgan fingerprint density at radius 2 is 1.55 bits per heavy atom. The quantitative estimate of drug-likeness (QED) is 0.101. The molecule has 7 rings (SSSR count). The number of benzene rings is 1. The van der Waals surface area contributed by atoms with Crippen molar-refractivity contribution in [3.05, 3.63) is 55.0 Å². The average molecular weight is 801 g/mol. The van der Waals surface area contributed by atoms with Crippen molar-refractivity contribution in [2.75, 3.05) is 78.5 Å². The van der Waals surface area contributed by atoms with Crippen LogP contribution in [0.3, 0.4) is 0 Å². The first kappa shape index (κ1) is 41.5. The highest BCUT2D eigenvalue weighted by Gasteiger charge is 2.42. The molecule has 0 spiro atoms. The third-order valence-corrected chi connectivity index (χ3v) is 10.9. The van der Waals surface area contributed by atoms with E-state index in [2.05, 4.69) is 41.0 Å². The lowest BCUT2D eigenvalue weighted by atomic mass is 9.89. The van der Waals surface area contributed by atoms with Gasteiger partial charge in [-0.2, -0.15) is 10.4 Å². The van der Waals surface area contributed by atoms with Crippen LogP contribution in [0.15, 0.2) is 49.4 Å². The van der Waals surface area contributed by atoms with Crippen molar-refractivity contribution in [1.29, 1.82) is 5.26 Å². The summed E-state index contributed by atoms with van der Waals surface area (Å²) >= 11 is 0. The van der Waals surface area contributed by atoms with Gasteiger partial charge in [0.2, 0.25) is 5.95 Å². The van der Waals surface area contributed by atoms with Gasteiger partial charge in [0, 0.05) is 56.2 Å². The molecule has 1 saturated carbocycles. The summed E-state index contributed by atoms with van der Waals surface area (Å²) in [5.41, 5.74) is 2.75. The van der Waals surface area contributed by atoms with Crippen molar-refractivity contribution < 1.29 is 33.2 Å². The number of ether oxygens (including phenoxy) is 7. The maximum atomic E-state index is 9.74. The zero-order valence-electron chi connectivity index (χ0n) is 33.6. The van der Waals surface area contributed by atoms with Crippen LogP contribution in [0.4, 0.5) is 11.6 Å². The number of nitriles is 1. The van der Waals surface area contributed by atoms with E-state index in [4.69, 9.17) is 38.3 Å². The molecule has 5 heterocycles. The Morgan fingerprint density at radius 1 is 0.862 bits per heavy atom. The molecular weight excluding hydrogens is 745 g/mol. The lowest BCUT2D eigenvalue weighted by molar-refractivity contribution is -0.0458. The van der Waals surface area contributed by atoms with Crippen LogP contribution >= 0.6 is 0 Å². The number of rotatable bonds is 23. The van der Waals surface area contributed by atoms with E-state index in [1.807, 2.05) is 25.3 Å². The maximum Gasteiger partial charge on any atom is 0.256 e. The molecule has 2 aliphatic heterocycles. The summed E-state index contributed by atoms with van der Waals surface area (Å²) in [6.45, 7) is 8.33. The highest BCUT2D eigenvalue weighted by atomic mass is 16.6. The minimum atomic E-state index is -0.242. The normalized spacial score (nSPS) is 21.1. The summed E-state index contributed by atoms with van der Waals surface area (Å²) in [6, 6.07) is 9.70. The number of aromatic nitrogens is 7. The van der Waals surface area contributed by atoms with Crippen LogP contribution in [-0.2, 0) is 30.2 Å². The minimum absolute atomic E-state index is 0.242. The van der Waals surface area contributed by atoms with Crippen LogP contribution in [0.1, 0.15) is 63.5 Å². The van der Waals surface area contributed by atoms with Gasteiger partial charge in [0.05, 0.1) is 83.8 Å². The fourth-order valence-electron chi connectivity index (χ4n) is 8.04. The second kappa shape index (κ2) is 21.3. The van der Waals surface area contributed by atoms with Gasteiger partial charge in [0.1, 0.15) is 36.3 Å². The standard InChI is InChI=1S/C41H56N10O7/c1-30(24-49-29-43-28-46-49)58-39-20-31(4-5-32(39)21-42)33-22-44-41(45-23-33)47-38-25-50(34-6-8-35(9-7-34)51-36-10-11-37(51)27-56-26-36)48-40(38)57-13-3-12-53-16-17-55-19-18-54-15-14-52-2/h4-5,20,22-23,25,28-30,34-37H,3,6-19,24,26-27H2,1-2H3,(H,44,45,47)/t30-,34?,35?,36-,37+/m0/s1. The van der Waals surface area contributed by atoms with Crippen molar-refractivity contribution in [1.82, 2.24) is 39.4 Å². The summed E-state index contributed by atoms with van der Waals surface area (Å²) in [5, 5.41) is 22.2. The number of anilines is 2. The smallest absolute Gasteiger partial charge is 0.256 e. The van der Waals surface area contributed by atoms with Crippen molar-refractivity contribution in [3.63, 3.8) is 0 Å². The summed E-state index contributed by atoms with van der Waals surface area (Å²) in [6.07, 6.45) is 16.0. The summed E-state index contributed by atoms with van der Waals surface area (Å²) in [4.78, 5) is 16.1. The Balaban J connectivity index is 0.956. The van der Waals surface area contributed by atoms with E-state index in [-0.39, 0.29) is 12.1 Å².